The molecular formula is C13H15BrClFN4O. The third-order valence-electron chi connectivity index (χ3n) is 3.07. The van der Waals surface area contributed by atoms with Gasteiger partial charge in [-0.15, -0.1) is 0 Å². The lowest BCUT2D eigenvalue weighted by atomic mass is 10.0. The van der Waals surface area contributed by atoms with Crippen molar-refractivity contribution in [2.45, 2.75) is 12.6 Å². The molecule has 21 heavy (non-hydrogen) atoms. The summed E-state index contributed by atoms with van der Waals surface area (Å²) in [6.07, 6.45) is 1.53. The minimum absolute atomic E-state index is 0.337. The lowest BCUT2D eigenvalue weighted by Gasteiger charge is -2.20. The molecule has 2 aromatic rings. The normalized spacial score (nSPS) is 12.6. The molecule has 1 heterocycles. The van der Waals surface area contributed by atoms with Gasteiger partial charge in [0, 0.05) is 7.11 Å². The van der Waals surface area contributed by atoms with Crippen molar-refractivity contribution in [3.8, 4) is 0 Å². The molecule has 0 amide bonds. The molecule has 0 aliphatic rings. The molecule has 1 aromatic heterocycles. The number of hydrogen-bond acceptors (Lipinski definition) is 4. The van der Waals surface area contributed by atoms with E-state index in [0.717, 1.165) is 0 Å². The van der Waals surface area contributed by atoms with Gasteiger partial charge in [-0.1, -0.05) is 23.7 Å². The quantitative estimate of drug-likeness (QED) is 0.600. The fourth-order valence-electron chi connectivity index (χ4n) is 2.07. The number of aromatic nitrogens is 2. The van der Waals surface area contributed by atoms with Crippen molar-refractivity contribution in [1.82, 2.24) is 15.2 Å². The number of rotatable bonds is 6. The van der Waals surface area contributed by atoms with Crippen molar-refractivity contribution in [2.24, 2.45) is 5.84 Å². The van der Waals surface area contributed by atoms with Crippen molar-refractivity contribution >= 4 is 27.5 Å². The summed E-state index contributed by atoms with van der Waals surface area (Å²) in [7, 11) is 1.60. The zero-order chi connectivity index (χ0) is 15.4. The fourth-order valence-corrected chi connectivity index (χ4v) is 2.82. The molecule has 2 rings (SSSR count). The van der Waals surface area contributed by atoms with Crippen LogP contribution in [0.3, 0.4) is 0 Å². The number of nitrogens with one attached hydrogen (secondary N) is 1. The Labute approximate surface area is 135 Å². The summed E-state index contributed by atoms with van der Waals surface area (Å²) < 4.78 is 20.8. The molecule has 1 aromatic carbocycles. The minimum Gasteiger partial charge on any atom is -0.383 e. The van der Waals surface area contributed by atoms with E-state index >= 15 is 0 Å². The van der Waals surface area contributed by atoms with Gasteiger partial charge in [-0.05, 0) is 27.6 Å². The maximum Gasteiger partial charge on any atom is 0.137 e. The summed E-state index contributed by atoms with van der Waals surface area (Å²) in [5.74, 6) is 5.29. The van der Waals surface area contributed by atoms with Crippen LogP contribution < -0.4 is 11.3 Å². The summed E-state index contributed by atoms with van der Waals surface area (Å²) >= 11 is 9.45. The van der Waals surface area contributed by atoms with Crippen LogP contribution in [0.1, 0.15) is 17.3 Å². The van der Waals surface area contributed by atoms with Gasteiger partial charge >= 0.3 is 0 Å². The number of methoxy groups -OCH3 is 1. The van der Waals surface area contributed by atoms with Crippen LogP contribution in [0.25, 0.3) is 0 Å². The van der Waals surface area contributed by atoms with Crippen molar-refractivity contribution in [3.63, 3.8) is 0 Å². The standard InChI is InChI=1S/C13H15BrClFN4O/c1-21-6-5-20-13(9(15)7-18-20)12(19-17)8-3-2-4-10(16)11(8)14/h2-4,7,12,19H,5-6,17H2,1H3. The van der Waals surface area contributed by atoms with E-state index in [1.165, 1.54) is 12.3 Å². The zero-order valence-corrected chi connectivity index (χ0v) is 13.7. The van der Waals surface area contributed by atoms with Gasteiger partial charge < -0.3 is 4.74 Å². The van der Waals surface area contributed by atoms with Gasteiger partial charge in [-0.2, -0.15) is 5.10 Å². The Balaban J connectivity index is 2.46. The molecule has 8 heteroatoms. The number of nitrogens with zero attached hydrogens (tertiary/aromatic N) is 2. The van der Waals surface area contributed by atoms with Gasteiger partial charge in [0.2, 0.25) is 0 Å². The number of nitrogens with two attached hydrogens (primary N) is 1. The van der Waals surface area contributed by atoms with E-state index in [9.17, 15) is 4.39 Å². The second kappa shape index (κ2) is 7.33. The molecule has 0 saturated heterocycles. The summed E-state index contributed by atoms with van der Waals surface area (Å²) in [6.45, 7) is 0.996. The van der Waals surface area contributed by atoms with E-state index in [-0.39, 0.29) is 5.82 Å². The predicted molar refractivity (Wildman–Crippen MR) is 82.4 cm³/mol. The lowest BCUT2D eigenvalue weighted by molar-refractivity contribution is 0.182. The average molecular weight is 378 g/mol. The van der Waals surface area contributed by atoms with Gasteiger partial charge in [0.05, 0.1) is 40.6 Å². The second-order valence-electron chi connectivity index (χ2n) is 4.34. The Morgan fingerprint density at radius 1 is 1.57 bits per heavy atom. The summed E-state index contributed by atoms with van der Waals surface area (Å²) in [5, 5.41) is 4.65. The van der Waals surface area contributed by atoms with E-state index in [1.807, 2.05) is 0 Å². The van der Waals surface area contributed by atoms with Crippen molar-refractivity contribution in [1.29, 1.82) is 0 Å². The van der Waals surface area contributed by atoms with Crippen LogP contribution in [0.15, 0.2) is 28.9 Å². The fraction of sp³-hybridized carbons (Fsp3) is 0.308. The first-order valence-corrected chi connectivity index (χ1v) is 7.37. The number of hydrazine groups is 1. The molecule has 0 radical (unpaired) electrons. The van der Waals surface area contributed by atoms with Gasteiger partial charge in [0.1, 0.15) is 5.82 Å². The minimum atomic E-state index is -0.498. The number of halogens is 3. The van der Waals surface area contributed by atoms with Gasteiger partial charge in [0.15, 0.2) is 0 Å². The first kappa shape index (κ1) is 16.4. The molecule has 1 atom stereocenters. The number of benzene rings is 1. The van der Waals surface area contributed by atoms with Crippen molar-refractivity contribution in [2.75, 3.05) is 13.7 Å². The van der Waals surface area contributed by atoms with Crippen LogP contribution in [0.5, 0.6) is 0 Å². The summed E-state index contributed by atoms with van der Waals surface area (Å²) in [6, 6.07) is 4.25. The van der Waals surface area contributed by atoms with Gasteiger partial charge in [-0.3, -0.25) is 10.5 Å². The zero-order valence-electron chi connectivity index (χ0n) is 11.3. The monoisotopic (exact) mass is 376 g/mol. The highest BCUT2D eigenvalue weighted by atomic mass is 79.9. The predicted octanol–water partition coefficient (Wildman–Crippen LogP) is 2.64. The maximum atomic E-state index is 13.7. The molecule has 0 spiro atoms. The first-order chi connectivity index (χ1) is 10.1. The Hall–Kier alpha value is -0.990. The van der Waals surface area contributed by atoms with Crippen molar-refractivity contribution < 1.29 is 9.13 Å². The molecule has 0 saturated carbocycles. The van der Waals surface area contributed by atoms with E-state index in [0.29, 0.717) is 33.9 Å². The third-order valence-corrected chi connectivity index (χ3v) is 4.20. The number of hydrogen-bond donors (Lipinski definition) is 2. The molecule has 0 aliphatic carbocycles. The summed E-state index contributed by atoms with van der Waals surface area (Å²) in [4.78, 5) is 0. The molecule has 0 aliphatic heterocycles. The van der Waals surface area contributed by atoms with E-state index < -0.39 is 6.04 Å². The average Bonchev–Trinajstić information content (AvgIpc) is 2.83. The molecule has 114 valence electrons. The van der Waals surface area contributed by atoms with Crippen LogP contribution in [0.4, 0.5) is 4.39 Å². The molecule has 1 unspecified atom stereocenters. The summed E-state index contributed by atoms with van der Waals surface area (Å²) in [5.41, 5.74) is 3.96. The van der Waals surface area contributed by atoms with E-state index in [4.69, 9.17) is 22.2 Å². The number of ether oxygens (including phenoxy) is 1. The molecule has 0 fully saturated rings. The molecule has 3 N–H and O–H groups in total. The lowest BCUT2D eigenvalue weighted by Crippen LogP contribution is -2.31. The Kier molecular flexibility index (Phi) is 5.72. The first-order valence-electron chi connectivity index (χ1n) is 6.20. The molecular weight excluding hydrogens is 363 g/mol. The van der Waals surface area contributed by atoms with Crippen LogP contribution in [0, 0.1) is 5.82 Å². The Bertz CT molecular complexity index is 622. The largest absolute Gasteiger partial charge is 0.383 e. The topological polar surface area (TPSA) is 65.1 Å². The Morgan fingerprint density at radius 3 is 3.00 bits per heavy atom. The second-order valence-corrected chi connectivity index (χ2v) is 5.54. The van der Waals surface area contributed by atoms with E-state index in [1.54, 1.807) is 23.9 Å². The SMILES string of the molecule is COCCn1ncc(Cl)c1C(NN)c1cccc(F)c1Br. The highest BCUT2D eigenvalue weighted by Crippen LogP contribution is 2.33. The maximum absolute atomic E-state index is 13.7. The van der Waals surface area contributed by atoms with Gasteiger partial charge in [-0.25, -0.2) is 9.82 Å². The van der Waals surface area contributed by atoms with Crippen LogP contribution in [-0.4, -0.2) is 23.5 Å². The van der Waals surface area contributed by atoms with Crippen molar-refractivity contribution in [3.05, 3.63) is 51.0 Å². The van der Waals surface area contributed by atoms with Gasteiger partial charge in [0.25, 0.3) is 0 Å². The smallest absolute Gasteiger partial charge is 0.137 e. The Morgan fingerprint density at radius 2 is 2.33 bits per heavy atom. The van der Waals surface area contributed by atoms with Crippen LogP contribution in [-0.2, 0) is 11.3 Å². The van der Waals surface area contributed by atoms with Crippen LogP contribution >= 0.6 is 27.5 Å². The molecule has 5 nitrogen and oxygen atoms in total. The highest BCUT2D eigenvalue weighted by molar-refractivity contribution is 9.10. The van der Waals surface area contributed by atoms with E-state index in [2.05, 4.69) is 26.5 Å². The molecule has 0 bridgehead atoms. The highest BCUT2D eigenvalue weighted by Gasteiger charge is 2.24. The van der Waals surface area contributed by atoms with Crippen LogP contribution in [0.2, 0.25) is 5.02 Å². The third kappa shape index (κ3) is 3.44.